The van der Waals surface area contributed by atoms with Gasteiger partial charge in [-0.2, -0.15) is 0 Å². The summed E-state index contributed by atoms with van der Waals surface area (Å²) >= 11 is 2.95. The van der Waals surface area contributed by atoms with E-state index in [-0.39, 0.29) is 10.0 Å². The molecule has 0 aliphatic carbocycles. The van der Waals surface area contributed by atoms with E-state index in [1.807, 2.05) is 0 Å². The summed E-state index contributed by atoms with van der Waals surface area (Å²) in [5.41, 5.74) is -1.52. The van der Waals surface area contributed by atoms with Crippen LogP contribution in [0.15, 0.2) is 38.5 Å². The summed E-state index contributed by atoms with van der Waals surface area (Å²) in [6.07, 6.45) is 1.36. The van der Waals surface area contributed by atoms with E-state index in [1.54, 1.807) is 6.92 Å². The molecule has 0 unspecified atom stereocenters. The van der Waals surface area contributed by atoms with Crippen molar-refractivity contribution in [3.8, 4) is 0 Å². The van der Waals surface area contributed by atoms with E-state index in [2.05, 4.69) is 15.9 Å². The molecule has 2 rings (SSSR count). The lowest BCUT2D eigenvalue weighted by Gasteiger charge is -2.10. The SMILES string of the molecule is CCn1ccc(=O)n(Cc2c(F)ccc(Br)c2F)c1=O. The quantitative estimate of drug-likeness (QED) is 0.800. The van der Waals surface area contributed by atoms with Gasteiger partial charge in [0.15, 0.2) is 0 Å². The number of aryl methyl sites for hydroxylation is 1. The van der Waals surface area contributed by atoms with E-state index < -0.39 is 29.4 Å². The summed E-state index contributed by atoms with van der Waals surface area (Å²) in [6, 6.07) is 3.50. The highest BCUT2D eigenvalue weighted by Crippen LogP contribution is 2.21. The second-order valence-corrected chi connectivity index (χ2v) is 4.98. The Morgan fingerprint density at radius 3 is 2.55 bits per heavy atom. The fourth-order valence-corrected chi connectivity index (χ4v) is 2.19. The zero-order chi connectivity index (χ0) is 14.9. The number of nitrogens with zero attached hydrogens (tertiary/aromatic N) is 2. The van der Waals surface area contributed by atoms with Crippen molar-refractivity contribution in [3.05, 3.63) is 66.9 Å². The molecule has 1 aromatic heterocycles. The molecule has 2 aromatic rings. The third-order valence-corrected chi connectivity index (χ3v) is 3.55. The molecule has 0 saturated heterocycles. The Hall–Kier alpha value is -1.76. The van der Waals surface area contributed by atoms with Gasteiger partial charge < -0.3 is 4.57 Å². The van der Waals surface area contributed by atoms with E-state index in [0.29, 0.717) is 6.54 Å². The Balaban J connectivity index is 2.59. The maximum atomic E-state index is 13.9. The molecule has 0 atom stereocenters. The first kappa shape index (κ1) is 14.6. The molecule has 1 heterocycles. The van der Waals surface area contributed by atoms with Gasteiger partial charge in [0.25, 0.3) is 5.56 Å². The number of benzene rings is 1. The highest BCUT2D eigenvalue weighted by atomic mass is 79.9. The number of rotatable bonds is 3. The average molecular weight is 345 g/mol. The summed E-state index contributed by atoms with van der Waals surface area (Å²) in [4.78, 5) is 23.7. The van der Waals surface area contributed by atoms with Crippen LogP contribution in [0.25, 0.3) is 0 Å². The first-order valence-electron chi connectivity index (χ1n) is 5.88. The van der Waals surface area contributed by atoms with E-state index in [1.165, 1.54) is 22.9 Å². The first-order chi connectivity index (χ1) is 9.45. The van der Waals surface area contributed by atoms with Gasteiger partial charge in [-0.1, -0.05) is 0 Å². The molecule has 0 fully saturated rings. The summed E-state index contributed by atoms with van der Waals surface area (Å²) in [6.45, 7) is 1.65. The predicted molar refractivity (Wildman–Crippen MR) is 73.8 cm³/mol. The fourth-order valence-electron chi connectivity index (χ4n) is 1.82. The summed E-state index contributed by atoms with van der Waals surface area (Å²) in [7, 11) is 0. The number of hydrogen-bond acceptors (Lipinski definition) is 2. The second-order valence-electron chi connectivity index (χ2n) is 4.13. The van der Waals surface area contributed by atoms with Crippen LogP contribution in [-0.2, 0) is 13.1 Å². The molecule has 0 bridgehead atoms. The second kappa shape index (κ2) is 5.70. The van der Waals surface area contributed by atoms with Crippen molar-refractivity contribution in [2.24, 2.45) is 0 Å². The van der Waals surface area contributed by atoms with Crippen molar-refractivity contribution in [2.75, 3.05) is 0 Å². The third kappa shape index (κ3) is 2.58. The van der Waals surface area contributed by atoms with Gasteiger partial charge in [0, 0.05) is 24.4 Å². The molecule has 0 amide bonds. The lowest BCUT2D eigenvalue weighted by atomic mass is 10.2. The summed E-state index contributed by atoms with van der Waals surface area (Å²) < 4.78 is 29.7. The standard InChI is InChI=1S/C13H11BrF2N2O2/c1-2-17-6-5-11(19)18(13(17)20)7-8-10(15)4-3-9(14)12(8)16/h3-6H,2,7H2,1H3. The highest BCUT2D eigenvalue weighted by molar-refractivity contribution is 9.10. The van der Waals surface area contributed by atoms with Crippen LogP contribution in [0.4, 0.5) is 8.78 Å². The highest BCUT2D eigenvalue weighted by Gasteiger charge is 2.15. The van der Waals surface area contributed by atoms with Gasteiger partial charge in [-0.25, -0.2) is 13.6 Å². The van der Waals surface area contributed by atoms with Crippen molar-refractivity contribution in [1.82, 2.24) is 9.13 Å². The lowest BCUT2D eigenvalue weighted by molar-refractivity contribution is 0.522. The zero-order valence-electron chi connectivity index (χ0n) is 10.6. The normalized spacial score (nSPS) is 10.8. The largest absolute Gasteiger partial charge is 0.331 e. The van der Waals surface area contributed by atoms with Crippen LogP contribution in [-0.4, -0.2) is 9.13 Å². The maximum absolute atomic E-state index is 13.9. The van der Waals surface area contributed by atoms with Crippen LogP contribution in [0.5, 0.6) is 0 Å². The molecule has 0 saturated carbocycles. The summed E-state index contributed by atoms with van der Waals surface area (Å²) in [5, 5.41) is 0. The Labute approximate surface area is 121 Å². The van der Waals surface area contributed by atoms with Crippen molar-refractivity contribution >= 4 is 15.9 Å². The summed E-state index contributed by atoms with van der Waals surface area (Å²) in [5.74, 6) is -1.62. The van der Waals surface area contributed by atoms with Gasteiger partial charge in [-0.05, 0) is 35.0 Å². The average Bonchev–Trinajstić information content (AvgIpc) is 2.42. The number of halogens is 3. The van der Waals surface area contributed by atoms with Crippen LogP contribution in [0.2, 0.25) is 0 Å². The third-order valence-electron chi connectivity index (χ3n) is 2.94. The molecule has 106 valence electrons. The molecule has 20 heavy (non-hydrogen) atoms. The van der Waals surface area contributed by atoms with Gasteiger partial charge in [-0.3, -0.25) is 9.36 Å². The molecule has 0 aliphatic rings. The smallest absolute Gasteiger partial charge is 0.301 e. The van der Waals surface area contributed by atoms with Crippen LogP contribution in [0.3, 0.4) is 0 Å². The molecular formula is C13H11BrF2N2O2. The zero-order valence-corrected chi connectivity index (χ0v) is 12.2. The molecule has 1 aromatic carbocycles. The first-order valence-corrected chi connectivity index (χ1v) is 6.67. The van der Waals surface area contributed by atoms with Crippen LogP contribution >= 0.6 is 15.9 Å². The Bertz CT molecular complexity index is 768. The van der Waals surface area contributed by atoms with Crippen LogP contribution in [0.1, 0.15) is 12.5 Å². The molecule has 0 N–H and O–H groups in total. The van der Waals surface area contributed by atoms with E-state index >= 15 is 0 Å². The maximum Gasteiger partial charge on any atom is 0.331 e. The predicted octanol–water partition coefficient (Wildman–Crippen LogP) is 2.12. The van der Waals surface area contributed by atoms with Gasteiger partial charge in [0.1, 0.15) is 11.6 Å². The van der Waals surface area contributed by atoms with Crippen LogP contribution < -0.4 is 11.2 Å². The van der Waals surface area contributed by atoms with E-state index in [0.717, 1.165) is 10.6 Å². The molecule has 0 radical (unpaired) electrons. The minimum Gasteiger partial charge on any atom is -0.301 e. The minimum absolute atomic E-state index is 0.0775. The van der Waals surface area contributed by atoms with Gasteiger partial charge in [0.2, 0.25) is 0 Å². The molecule has 0 spiro atoms. The van der Waals surface area contributed by atoms with Gasteiger partial charge in [0.05, 0.1) is 11.0 Å². The van der Waals surface area contributed by atoms with E-state index in [9.17, 15) is 18.4 Å². The van der Waals surface area contributed by atoms with E-state index in [4.69, 9.17) is 0 Å². The van der Waals surface area contributed by atoms with Gasteiger partial charge >= 0.3 is 5.69 Å². The molecule has 4 nitrogen and oxygen atoms in total. The Morgan fingerprint density at radius 1 is 1.20 bits per heavy atom. The van der Waals surface area contributed by atoms with Crippen molar-refractivity contribution < 1.29 is 8.78 Å². The molecule has 7 heteroatoms. The van der Waals surface area contributed by atoms with Crippen molar-refractivity contribution in [1.29, 1.82) is 0 Å². The Kier molecular flexibility index (Phi) is 4.17. The van der Waals surface area contributed by atoms with Gasteiger partial charge in [-0.15, -0.1) is 0 Å². The lowest BCUT2D eigenvalue weighted by Crippen LogP contribution is -2.39. The number of hydrogen-bond donors (Lipinski definition) is 0. The fraction of sp³-hybridized carbons (Fsp3) is 0.231. The molecular weight excluding hydrogens is 334 g/mol. The topological polar surface area (TPSA) is 44.0 Å². The van der Waals surface area contributed by atoms with Crippen LogP contribution in [0, 0.1) is 11.6 Å². The minimum atomic E-state index is -0.816. The Morgan fingerprint density at radius 2 is 1.90 bits per heavy atom. The van der Waals surface area contributed by atoms with Crippen molar-refractivity contribution in [3.63, 3.8) is 0 Å². The monoisotopic (exact) mass is 344 g/mol. The van der Waals surface area contributed by atoms with Crippen molar-refractivity contribution in [2.45, 2.75) is 20.0 Å². The number of aromatic nitrogens is 2. The molecule has 0 aliphatic heterocycles.